The minimum Gasteiger partial charge on any atom is -0.492 e. The molecule has 200 valence electrons. The first-order chi connectivity index (χ1) is 18.7. The number of hydrogen-bond donors (Lipinski definition) is 0. The molecule has 3 aliphatic rings. The molecule has 6 bridgehead atoms. The molecule has 0 amide bonds. The van der Waals surface area contributed by atoms with Crippen LogP contribution in [0.1, 0.15) is 43.4 Å². The van der Waals surface area contributed by atoms with Gasteiger partial charge < -0.3 is 19.1 Å². The molecule has 2 aromatic rings. The Hall–Kier alpha value is -3.26. The summed E-state index contributed by atoms with van der Waals surface area (Å²) in [7, 11) is 0. The van der Waals surface area contributed by atoms with Crippen molar-refractivity contribution in [1.82, 2.24) is 9.80 Å². The third-order valence-electron chi connectivity index (χ3n) is 6.89. The number of ether oxygens (including phenoxy) is 3. The summed E-state index contributed by atoms with van der Waals surface area (Å²) in [4.78, 5) is 14.3. The predicted octanol–water partition coefficient (Wildman–Crippen LogP) is 5.59. The van der Waals surface area contributed by atoms with Gasteiger partial charge in [0.25, 0.3) is 0 Å². The van der Waals surface area contributed by atoms with Crippen LogP contribution in [0, 0.1) is 0 Å². The lowest BCUT2D eigenvalue weighted by Gasteiger charge is -2.32. The van der Waals surface area contributed by atoms with Crippen molar-refractivity contribution in [3.05, 3.63) is 77.4 Å². The maximum absolute atomic E-state index is 6.22. The molecule has 7 nitrogen and oxygen atoms in total. The molecule has 0 atom stereocenters. The molecule has 0 unspecified atom stereocenters. The number of benzene rings is 2. The molecule has 1 saturated heterocycles. The van der Waals surface area contributed by atoms with Crippen LogP contribution in [-0.4, -0.2) is 67.5 Å². The molecular weight excluding hydrogens is 476 g/mol. The number of nitrogens with zero attached hydrogens (tertiary/aromatic N) is 4. The molecule has 38 heavy (non-hydrogen) atoms. The Morgan fingerprint density at radius 2 is 1.79 bits per heavy atom. The van der Waals surface area contributed by atoms with Crippen LogP contribution in [0.4, 0.5) is 5.69 Å². The number of fused-ring (bicyclic) bond motifs is 7. The van der Waals surface area contributed by atoms with Gasteiger partial charge in [-0.25, -0.2) is 9.98 Å². The lowest BCUT2D eigenvalue weighted by molar-refractivity contribution is 0.138. The van der Waals surface area contributed by atoms with Crippen LogP contribution in [0.3, 0.4) is 0 Å². The van der Waals surface area contributed by atoms with Gasteiger partial charge in [-0.2, -0.15) is 0 Å². The van der Waals surface area contributed by atoms with Crippen LogP contribution in [0.25, 0.3) is 5.70 Å². The zero-order chi connectivity index (χ0) is 26.2. The second-order valence-electron chi connectivity index (χ2n) is 10.1. The first-order valence-electron chi connectivity index (χ1n) is 13.7. The maximum Gasteiger partial charge on any atom is 0.230 e. The van der Waals surface area contributed by atoms with Gasteiger partial charge in [-0.3, -0.25) is 4.90 Å². The van der Waals surface area contributed by atoms with Crippen molar-refractivity contribution < 1.29 is 14.2 Å². The Kier molecular flexibility index (Phi) is 9.02. The Labute approximate surface area is 226 Å². The second kappa shape index (κ2) is 13.0. The van der Waals surface area contributed by atoms with E-state index in [1.165, 1.54) is 25.9 Å². The molecule has 0 saturated carbocycles. The highest BCUT2D eigenvalue weighted by atomic mass is 16.5. The number of hydrogen-bond acceptors (Lipinski definition) is 7. The van der Waals surface area contributed by atoms with Crippen LogP contribution in [0.15, 0.2) is 70.7 Å². The Morgan fingerprint density at radius 1 is 0.974 bits per heavy atom. The van der Waals surface area contributed by atoms with Crippen molar-refractivity contribution in [2.75, 3.05) is 39.5 Å². The lowest BCUT2D eigenvalue weighted by atomic mass is 10.1. The summed E-state index contributed by atoms with van der Waals surface area (Å²) >= 11 is 0. The summed E-state index contributed by atoms with van der Waals surface area (Å²) in [6, 6.07) is 14.7. The van der Waals surface area contributed by atoms with Crippen LogP contribution in [0.2, 0.25) is 0 Å². The second-order valence-corrected chi connectivity index (χ2v) is 10.1. The quantitative estimate of drug-likeness (QED) is 0.487. The van der Waals surface area contributed by atoms with E-state index in [1.54, 1.807) is 0 Å². The summed E-state index contributed by atoms with van der Waals surface area (Å²) in [6.07, 6.45) is 10.5. The highest BCUT2D eigenvalue weighted by Crippen LogP contribution is 2.30. The molecule has 0 aromatic heterocycles. The van der Waals surface area contributed by atoms with E-state index < -0.39 is 0 Å². The first-order valence-corrected chi connectivity index (χ1v) is 13.7. The fourth-order valence-corrected chi connectivity index (χ4v) is 4.99. The van der Waals surface area contributed by atoms with E-state index in [1.807, 2.05) is 30.5 Å². The van der Waals surface area contributed by atoms with Gasteiger partial charge in [0, 0.05) is 24.4 Å². The lowest BCUT2D eigenvalue weighted by Crippen LogP contribution is -2.36. The van der Waals surface area contributed by atoms with Gasteiger partial charge in [-0.05, 0) is 81.2 Å². The van der Waals surface area contributed by atoms with E-state index in [9.17, 15) is 0 Å². The van der Waals surface area contributed by atoms with Crippen molar-refractivity contribution >= 4 is 23.6 Å². The van der Waals surface area contributed by atoms with E-state index in [2.05, 4.69) is 65.0 Å². The van der Waals surface area contributed by atoms with Crippen molar-refractivity contribution in [3.8, 4) is 5.75 Å². The van der Waals surface area contributed by atoms with Gasteiger partial charge in [0.05, 0.1) is 37.8 Å². The average Bonchev–Trinajstić information content (AvgIpc) is 3.44. The van der Waals surface area contributed by atoms with Crippen LogP contribution in [-0.2, 0) is 22.7 Å². The smallest absolute Gasteiger partial charge is 0.230 e. The highest BCUT2D eigenvalue weighted by molar-refractivity contribution is 6.04. The largest absolute Gasteiger partial charge is 0.492 e. The minimum atomic E-state index is 0.170. The summed E-state index contributed by atoms with van der Waals surface area (Å²) in [5, 5.41) is 0. The third-order valence-corrected chi connectivity index (χ3v) is 6.89. The van der Waals surface area contributed by atoms with E-state index in [0.717, 1.165) is 40.4 Å². The van der Waals surface area contributed by atoms with Gasteiger partial charge in [0.15, 0.2) is 0 Å². The Balaban J connectivity index is 1.44. The maximum atomic E-state index is 6.22. The standard InChI is InChI=1S/C31H38N4O3/c1-24(2)35-29-12-13-32-31(35)33-28-10-11-30(38-19-16-34-14-3-4-15-34)27(21-28)23-37-18-6-5-17-36-22-25-8-7-9-26(29)20-25/h5-13,20-21,24H,3-4,14-19,22-23H2,1-2H3/b6-5+,33-31?. The van der Waals surface area contributed by atoms with E-state index >= 15 is 0 Å². The highest BCUT2D eigenvalue weighted by Gasteiger charge is 2.23. The molecule has 5 rings (SSSR count). The molecule has 3 aliphatic heterocycles. The van der Waals surface area contributed by atoms with Crippen LogP contribution < -0.4 is 4.74 Å². The number of allylic oxidation sites excluding steroid dienone is 1. The summed E-state index contributed by atoms with van der Waals surface area (Å²) in [5.41, 5.74) is 5.13. The van der Waals surface area contributed by atoms with Gasteiger partial charge in [0.2, 0.25) is 5.96 Å². The van der Waals surface area contributed by atoms with E-state index in [0.29, 0.717) is 39.0 Å². The van der Waals surface area contributed by atoms with E-state index in [4.69, 9.17) is 19.2 Å². The fraction of sp³-hybridized carbons (Fsp3) is 0.419. The predicted molar refractivity (Wildman–Crippen MR) is 153 cm³/mol. The summed E-state index contributed by atoms with van der Waals surface area (Å²) in [6.45, 7) is 10.3. The summed E-state index contributed by atoms with van der Waals surface area (Å²) in [5.74, 6) is 1.51. The van der Waals surface area contributed by atoms with Gasteiger partial charge in [0.1, 0.15) is 12.4 Å². The molecule has 0 spiro atoms. The molecule has 0 aliphatic carbocycles. The van der Waals surface area contributed by atoms with Crippen molar-refractivity contribution in [3.63, 3.8) is 0 Å². The monoisotopic (exact) mass is 514 g/mol. The number of rotatable bonds is 5. The molecule has 0 N–H and O–H groups in total. The number of aliphatic imine (C=N–C) groups is 2. The molecule has 3 heterocycles. The van der Waals surface area contributed by atoms with E-state index in [-0.39, 0.29) is 6.04 Å². The Bertz CT molecular complexity index is 1210. The van der Waals surface area contributed by atoms with Gasteiger partial charge in [-0.1, -0.05) is 30.4 Å². The first kappa shape index (κ1) is 26.4. The van der Waals surface area contributed by atoms with Gasteiger partial charge >= 0.3 is 0 Å². The molecule has 7 heteroatoms. The van der Waals surface area contributed by atoms with Crippen molar-refractivity contribution in [1.29, 1.82) is 0 Å². The normalized spacial score (nSPS) is 19.5. The molecule has 0 radical (unpaired) electrons. The Morgan fingerprint density at radius 3 is 2.61 bits per heavy atom. The van der Waals surface area contributed by atoms with Crippen LogP contribution >= 0.6 is 0 Å². The number of likely N-dealkylation sites (tertiary alicyclic amines) is 1. The molecule has 1 fully saturated rings. The van der Waals surface area contributed by atoms with Crippen molar-refractivity contribution in [2.24, 2.45) is 9.98 Å². The van der Waals surface area contributed by atoms with Gasteiger partial charge in [-0.15, -0.1) is 0 Å². The fourth-order valence-electron chi connectivity index (χ4n) is 4.99. The zero-order valence-electron chi connectivity index (χ0n) is 22.5. The average molecular weight is 515 g/mol. The molecule has 2 aromatic carbocycles. The topological polar surface area (TPSA) is 58.9 Å². The zero-order valence-corrected chi connectivity index (χ0v) is 22.5. The molecular formula is C31H38N4O3. The van der Waals surface area contributed by atoms with Crippen LogP contribution in [0.5, 0.6) is 5.75 Å². The third kappa shape index (κ3) is 6.78. The SMILES string of the molecule is CC(C)N1C2=CC=NC1=Nc1ccc(OCCN3CCCC3)c(c1)COC/C=C/COCc1cccc2c1. The van der Waals surface area contributed by atoms with Crippen molar-refractivity contribution in [2.45, 2.75) is 45.9 Å². The minimum absolute atomic E-state index is 0.170. The number of guanidine groups is 1. The summed E-state index contributed by atoms with van der Waals surface area (Å²) < 4.78 is 18.1.